The highest BCUT2D eigenvalue weighted by atomic mass is 32.2. The van der Waals surface area contributed by atoms with Gasteiger partial charge < -0.3 is 5.32 Å². The first-order valence-corrected chi connectivity index (χ1v) is 13.1. The van der Waals surface area contributed by atoms with Crippen molar-refractivity contribution in [3.8, 4) is 5.69 Å². The average molecular weight is 488 g/mol. The van der Waals surface area contributed by atoms with E-state index in [2.05, 4.69) is 21.6 Å². The summed E-state index contributed by atoms with van der Waals surface area (Å²) in [5.74, 6) is 0.639. The van der Waals surface area contributed by atoms with Crippen LogP contribution in [0.25, 0.3) is 22.4 Å². The van der Waals surface area contributed by atoms with Crippen LogP contribution in [0.3, 0.4) is 0 Å². The quantitative estimate of drug-likeness (QED) is 0.301. The van der Waals surface area contributed by atoms with Crippen molar-refractivity contribution in [1.29, 1.82) is 0 Å². The lowest BCUT2D eigenvalue weighted by Gasteiger charge is -2.14. The zero-order valence-electron chi connectivity index (χ0n) is 20.1. The fourth-order valence-corrected chi connectivity index (χ4v) is 5.49. The molecule has 180 valence electrons. The van der Waals surface area contributed by atoms with Crippen LogP contribution in [0.4, 0.5) is 0 Å². The number of hydrogen-bond acceptors (Lipinski definition) is 5. The van der Waals surface area contributed by atoms with E-state index in [1.54, 1.807) is 4.57 Å². The largest absolute Gasteiger partial charge is 0.355 e. The molecule has 0 radical (unpaired) electrons. The molecule has 0 bridgehead atoms. The van der Waals surface area contributed by atoms with Crippen LogP contribution < -0.4 is 10.9 Å². The lowest BCUT2D eigenvalue weighted by molar-refractivity contribution is -0.118. The Labute approximate surface area is 208 Å². The van der Waals surface area contributed by atoms with Gasteiger partial charge in [-0.1, -0.05) is 53.2 Å². The second-order valence-electron chi connectivity index (χ2n) is 9.06. The van der Waals surface area contributed by atoms with Crippen LogP contribution in [-0.2, 0) is 4.79 Å². The van der Waals surface area contributed by atoms with Crippen molar-refractivity contribution in [2.45, 2.75) is 51.1 Å². The number of para-hydroxylation sites is 1. The van der Waals surface area contributed by atoms with Gasteiger partial charge >= 0.3 is 0 Å². The van der Waals surface area contributed by atoms with E-state index in [0.717, 1.165) is 41.6 Å². The molecule has 0 fully saturated rings. The van der Waals surface area contributed by atoms with Gasteiger partial charge in [-0.15, -0.1) is 10.2 Å². The SMILES string of the molecule is Cc1ccc(-n2c(=O)c3ccccc3n3c(SCC(=O)NCCC4=CCCCC4)nnc23)c(C)c1. The van der Waals surface area contributed by atoms with E-state index in [-0.39, 0.29) is 17.2 Å². The maximum Gasteiger partial charge on any atom is 0.267 e. The Morgan fingerprint density at radius 3 is 2.77 bits per heavy atom. The molecular formula is C27H29N5O2S. The molecule has 0 unspecified atom stereocenters. The van der Waals surface area contributed by atoms with Crippen molar-refractivity contribution in [3.05, 3.63) is 75.6 Å². The number of nitrogens with zero attached hydrogens (tertiary/aromatic N) is 4. The van der Waals surface area contributed by atoms with Crippen LogP contribution in [0.5, 0.6) is 0 Å². The van der Waals surface area contributed by atoms with Gasteiger partial charge in [-0.2, -0.15) is 0 Å². The van der Waals surface area contributed by atoms with E-state index >= 15 is 0 Å². The highest BCUT2D eigenvalue weighted by Gasteiger charge is 2.19. The maximum absolute atomic E-state index is 13.5. The number of aryl methyl sites for hydroxylation is 2. The molecular weight excluding hydrogens is 458 g/mol. The zero-order valence-corrected chi connectivity index (χ0v) is 20.9. The van der Waals surface area contributed by atoms with Crippen LogP contribution in [0.15, 0.2) is 64.1 Å². The molecule has 2 aromatic carbocycles. The number of hydrogen-bond donors (Lipinski definition) is 1. The van der Waals surface area contributed by atoms with Crippen LogP contribution >= 0.6 is 11.8 Å². The third-order valence-corrected chi connectivity index (χ3v) is 7.40. The number of nitrogens with one attached hydrogen (secondary N) is 1. The monoisotopic (exact) mass is 487 g/mol. The molecule has 1 aliphatic carbocycles. The standard InChI is InChI=1S/C27H29N5O2S/c1-18-12-13-22(19(2)16-18)31-25(34)21-10-6-7-11-23(21)32-26(31)29-30-27(32)35-17-24(33)28-15-14-20-8-4-3-5-9-20/h6-8,10-13,16H,3-5,9,14-15,17H2,1-2H3,(H,28,33). The number of carbonyl (C=O) groups is 1. The minimum absolute atomic E-state index is 0.0323. The second kappa shape index (κ2) is 10.1. The van der Waals surface area contributed by atoms with E-state index in [0.29, 0.717) is 22.9 Å². The molecule has 8 heteroatoms. The number of thioether (sulfide) groups is 1. The summed E-state index contributed by atoms with van der Waals surface area (Å²) in [7, 11) is 0. The zero-order chi connectivity index (χ0) is 24.4. The van der Waals surface area contributed by atoms with Gasteiger partial charge in [-0.3, -0.25) is 14.0 Å². The molecule has 7 nitrogen and oxygen atoms in total. The summed E-state index contributed by atoms with van der Waals surface area (Å²) >= 11 is 1.33. The molecule has 0 atom stereocenters. The fraction of sp³-hybridized carbons (Fsp3) is 0.333. The third kappa shape index (κ3) is 4.75. The topological polar surface area (TPSA) is 81.3 Å². The van der Waals surface area contributed by atoms with Crippen molar-refractivity contribution in [2.75, 3.05) is 12.3 Å². The molecule has 1 amide bonds. The third-order valence-electron chi connectivity index (χ3n) is 6.47. The number of allylic oxidation sites excluding steroid dienone is 1. The Balaban J connectivity index is 1.44. The normalized spacial score (nSPS) is 13.8. The summed E-state index contributed by atoms with van der Waals surface area (Å²) in [5.41, 5.74) is 4.91. The number of fused-ring (bicyclic) bond motifs is 3. The van der Waals surface area contributed by atoms with Crippen molar-refractivity contribution in [2.24, 2.45) is 0 Å². The van der Waals surface area contributed by atoms with Gasteiger partial charge in [0.2, 0.25) is 11.7 Å². The van der Waals surface area contributed by atoms with Crippen molar-refractivity contribution in [1.82, 2.24) is 24.5 Å². The Morgan fingerprint density at radius 2 is 1.97 bits per heavy atom. The summed E-state index contributed by atoms with van der Waals surface area (Å²) in [6, 6.07) is 13.4. The Morgan fingerprint density at radius 1 is 1.11 bits per heavy atom. The molecule has 5 rings (SSSR count). The summed E-state index contributed by atoms with van der Waals surface area (Å²) in [4.78, 5) is 26.0. The average Bonchev–Trinajstić information content (AvgIpc) is 3.28. The molecule has 2 heterocycles. The Hall–Kier alpha value is -3.39. The van der Waals surface area contributed by atoms with Gasteiger partial charge in [0, 0.05) is 6.54 Å². The predicted molar refractivity (Wildman–Crippen MR) is 140 cm³/mol. The first-order valence-electron chi connectivity index (χ1n) is 12.1. The Bertz CT molecular complexity index is 1500. The van der Waals surface area contributed by atoms with Crippen molar-refractivity contribution >= 4 is 34.3 Å². The van der Waals surface area contributed by atoms with Gasteiger partial charge in [0.15, 0.2) is 5.16 Å². The minimum atomic E-state index is -0.140. The molecule has 1 N–H and O–H groups in total. The number of amides is 1. The number of carbonyl (C=O) groups excluding carboxylic acids is 1. The lowest BCUT2D eigenvalue weighted by Crippen LogP contribution is -2.26. The second-order valence-corrected chi connectivity index (χ2v) is 10.0. The van der Waals surface area contributed by atoms with E-state index in [1.165, 1.54) is 30.2 Å². The van der Waals surface area contributed by atoms with E-state index in [4.69, 9.17) is 0 Å². The molecule has 0 saturated heterocycles. The molecule has 0 saturated carbocycles. The summed E-state index contributed by atoms with van der Waals surface area (Å²) in [6.45, 7) is 4.67. The van der Waals surface area contributed by atoms with E-state index < -0.39 is 0 Å². The highest BCUT2D eigenvalue weighted by Crippen LogP contribution is 2.25. The van der Waals surface area contributed by atoms with Gasteiger partial charge in [-0.05, 0) is 69.7 Å². The van der Waals surface area contributed by atoms with Crippen LogP contribution in [0.2, 0.25) is 0 Å². The first-order chi connectivity index (χ1) is 17.0. The van der Waals surface area contributed by atoms with Gasteiger partial charge in [0.05, 0.1) is 22.3 Å². The lowest BCUT2D eigenvalue weighted by atomic mass is 9.97. The van der Waals surface area contributed by atoms with Crippen LogP contribution in [-0.4, -0.2) is 37.4 Å². The van der Waals surface area contributed by atoms with E-state index in [9.17, 15) is 9.59 Å². The summed E-state index contributed by atoms with van der Waals surface area (Å²) < 4.78 is 3.49. The van der Waals surface area contributed by atoms with Crippen LogP contribution in [0, 0.1) is 13.8 Å². The van der Waals surface area contributed by atoms with Crippen molar-refractivity contribution in [3.63, 3.8) is 0 Å². The fourth-order valence-electron chi connectivity index (χ4n) is 4.72. The molecule has 4 aromatic rings. The van der Waals surface area contributed by atoms with Crippen molar-refractivity contribution < 1.29 is 4.79 Å². The molecule has 0 spiro atoms. The van der Waals surface area contributed by atoms with Crippen LogP contribution in [0.1, 0.15) is 43.2 Å². The minimum Gasteiger partial charge on any atom is -0.355 e. The maximum atomic E-state index is 13.5. The number of benzene rings is 2. The highest BCUT2D eigenvalue weighted by molar-refractivity contribution is 7.99. The molecule has 1 aliphatic rings. The summed E-state index contributed by atoms with van der Waals surface area (Å²) in [5, 5.41) is 12.9. The number of rotatable bonds is 7. The first kappa shape index (κ1) is 23.4. The van der Waals surface area contributed by atoms with Gasteiger partial charge in [0.25, 0.3) is 5.56 Å². The van der Waals surface area contributed by atoms with Gasteiger partial charge in [0.1, 0.15) is 0 Å². The molecule has 0 aliphatic heterocycles. The predicted octanol–water partition coefficient (Wildman–Crippen LogP) is 4.75. The van der Waals surface area contributed by atoms with Gasteiger partial charge in [-0.25, -0.2) is 4.57 Å². The number of aromatic nitrogens is 4. The molecule has 35 heavy (non-hydrogen) atoms. The van der Waals surface area contributed by atoms with E-state index in [1.807, 2.05) is 60.7 Å². The summed E-state index contributed by atoms with van der Waals surface area (Å²) in [6.07, 6.45) is 8.04. The Kier molecular flexibility index (Phi) is 6.72. The smallest absolute Gasteiger partial charge is 0.267 e. The molecule has 2 aromatic heterocycles.